The highest BCUT2D eigenvalue weighted by Crippen LogP contribution is 2.38. The largest absolute Gasteiger partial charge is 0.489 e. The van der Waals surface area contributed by atoms with Crippen LogP contribution in [-0.4, -0.2) is 40.7 Å². The summed E-state index contributed by atoms with van der Waals surface area (Å²) in [6.07, 6.45) is 12.4. The first-order valence-corrected chi connectivity index (χ1v) is 13.8. The second kappa shape index (κ2) is 10.5. The highest BCUT2D eigenvalue weighted by Gasteiger charge is 2.40. The maximum Gasteiger partial charge on any atom is 0.306 e. The molecule has 3 atom stereocenters. The number of rotatable bonds is 7. The minimum Gasteiger partial charge on any atom is -0.489 e. The molecule has 1 N–H and O–H groups in total. The first-order valence-electron chi connectivity index (χ1n) is 13.4. The smallest absolute Gasteiger partial charge is 0.306 e. The van der Waals surface area contributed by atoms with Crippen LogP contribution in [0.25, 0.3) is 10.8 Å². The molecular weight excluding hydrogens is 446 g/mol. The number of fused-ring (bicyclic) bond motifs is 3. The summed E-state index contributed by atoms with van der Waals surface area (Å²) in [6, 6.07) is 11.6. The van der Waals surface area contributed by atoms with E-state index >= 15 is 0 Å². The summed E-state index contributed by atoms with van der Waals surface area (Å²) >= 11 is 6.79. The third kappa shape index (κ3) is 5.09. The Kier molecular flexibility index (Phi) is 7.36. The molecule has 34 heavy (non-hydrogen) atoms. The van der Waals surface area contributed by atoms with Gasteiger partial charge < -0.3 is 9.84 Å². The van der Waals surface area contributed by atoms with Crippen LogP contribution in [0.3, 0.4) is 0 Å². The van der Waals surface area contributed by atoms with Crippen molar-refractivity contribution in [2.75, 3.05) is 6.54 Å². The molecule has 2 aromatic rings. The van der Waals surface area contributed by atoms with Crippen molar-refractivity contribution in [2.24, 2.45) is 11.8 Å². The van der Waals surface area contributed by atoms with E-state index in [4.69, 9.17) is 16.3 Å². The molecule has 1 aliphatic carbocycles. The van der Waals surface area contributed by atoms with Crippen LogP contribution in [0.2, 0.25) is 5.02 Å². The molecule has 1 saturated carbocycles. The first kappa shape index (κ1) is 23.9. The molecule has 3 aliphatic rings. The molecule has 2 aliphatic heterocycles. The van der Waals surface area contributed by atoms with Crippen LogP contribution < -0.4 is 4.74 Å². The lowest BCUT2D eigenvalue weighted by Gasteiger charge is -2.48. The van der Waals surface area contributed by atoms with Gasteiger partial charge in [0.15, 0.2) is 0 Å². The molecule has 3 fully saturated rings. The lowest BCUT2D eigenvalue weighted by atomic mass is 9.78. The summed E-state index contributed by atoms with van der Waals surface area (Å²) < 4.78 is 6.33. The van der Waals surface area contributed by atoms with Crippen LogP contribution in [0.4, 0.5) is 0 Å². The van der Waals surface area contributed by atoms with E-state index in [1.807, 2.05) is 6.07 Å². The number of hydrogen-bond acceptors (Lipinski definition) is 3. The number of piperidine rings is 2. The monoisotopic (exact) mass is 483 g/mol. The highest BCUT2D eigenvalue weighted by atomic mass is 35.5. The SMILES string of the molecule is CCC1CCC(Oc2ccc3cc(CCN4C5CCC[C@@H]4CC(C(=O)O)C5)ccc3c2Cl)CC1. The Bertz CT molecular complexity index is 1000. The van der Waals surface area contributed by atoms with E-state index in [0.717, 1.165) is 79.0 Å². The lowest BCUT2D eigenvalue weighted by Crippen LogP contribution is -2.53. The predicted octanol–water partition coefficient (Wildman–Crippen LogP) is 7.10. The summed E-state index contributed by atoms with van der Waals surface area (Å²) in [6.45, 7) is 3.29. The summed E-state index contributed by atoms with van der Waals surface area (Å²) in [5.74, 6) is 0.900. The van der Waals surface area contributed by atoms with Gasteiger partial charge in [0, 0.05) is 24.0 Å². The van der Waals surface area contributed by atoms with E-state index in [0.29, 0.717) is 12.1 Å². The van der Waals surface area contributed by atoms with Crippen LogP contribution in [0, 0.1) is 11.8 Å². The Morgan fingerprint density at radius 1 is 1.06 bits per heavy atom. The topological polar surface area (TPSA) is 49.8 Å². The fourth-order valence-corrected chi connectivity index (χ4v) is 6.99. The van der Waals surface area contributed by atoms with Crippen molar-refractivity contribution in [3.8, 4) is 5.75 Å². The van der Waals surface area contributed by atoms with Crippen molar-refractivity contribution in [3.63, 3.8) is 0 Å². The van der Waals surface area contributed by atoms with Gasteiger partial charge in [-0.2, -0.15) is 0 Å². The van der Waals surface area contributed by atoms with Crippen molar-refractivity contribution in [3.05, 3.63) is 40.9 Å². The van der Waals surface area contributed by atoms with Crippen LogP contribution >= 0.6 is 11.6 Å². The van der Waals surface area contributed by atoms with Gasteiger partial charge in [0.25, 0.3) is 0 Å². The quantitative estimate of drug-likeness (QED) is 0.456. The highest BCUT2D eigenvalue weighted by molar-refractivity contribution is 6.37. The standard InChI is InChI=1S/C29H38ClNO3/c1-2-19-6-10-25(11-7-19)34-27-13-9-21-16-20(8-12-26(21)28(27)30)14-15-31-23-4-3-5-24(31)18-22(17-23)29(32)33/h8-9,12-13,16,19,22-25H,2-7,10-11,14-15,17-18H2,1H3,(H,32,33)/t19?,22?,23-,24?,25?/m1/s1. The second-order valence-corrected chi connectivity index (χ2v) is 11.2. The van der Waals surface area contributed by atoms with E-state index in [1.165, 1.54) is 31.2 Å². The fourth-order valence-electron chi connectivity index (χ4n) is 6.71. The molecule has 0 spiro atoms. The summed E-state index contributed by atoms with van der Waals surface area (Å²) in [7, 11) is 0. The van der Waals surface area contributed by atoms with Crippen LogP contribution in [-0.2, 0) is 11.2 Å². The van der Waals surface area contributed by atoms with E-state index in [1.54, 1.807) is 0 Å². The number of ether oxygens (including phenoxy) is 1. The molecule has 2 aromatic carbocycles. The number of nitrogens with zero attached hydrogens (tertiary/aromatic N) is 1. The molecule has 5 heteroatoms. The molecule has 0 radical (unpaired) electrons. The molecule has 2 unspecified atom stereocenters. The minimum absolute atomic E-state index is 0.160. The van der Waals surface area contributed by atoms with E-state index in [9.17, 15) is 9.90 Å². The molecule has 5 rings (SSSR count). The molecule has 2 heterocycles. The normalized spacial score (nSPS) is 29.8. The third-order valence-corrected chi connectivity index (χ3v) is 9.17. The zero-order valence-corrected chi connectivity index (χ0v) is 21.1. The molecule has 0 aromatic heterocycles. The van der Waals surface area contributed by atoms with E-state index < -0.39 is 5.97 Å². The molecule has 184 valence electrons. The van der Waals surface area contributed by atoms with Gasteiger partial charge >= 0.3 is 5.97 Å². The van der Waals surface area contributed by atoms with Crippen molar-refractivity contribution in [2.45, 2.75) is 95.7 Å². The number of benzene rings is 2. The fraction of sp³-hybridized carbons (Fsp3) is 0.621. The third-order valence-electron chi connectivity index (χ3n) is 8.78. The van der Waals surface area contributed by atoms with Gasteiger partial charge in [-0.25, -0.2) is 0 Å². The Balaban J connectivity index is 1.23. The first-order chi connectivity index (χ1) is 16.5. The predicted molar refractivity (Wildman–Crippen MR) is 138 cm³/mol. The summed E-state index contributed by atoms with van der Waals surface area (Å²) in [4.78, 5) is 14.1. The Hall–Kier alpha value is -1.78. The van der Waals surface area contributed by atoms with Gasteiger partial charge in [0.2, 0.25) is 0 Å². The molecule has 4 nitrogen and oxygen atoms in total. The zero-order chi connectivity index (χ0) is 23.7. The van der Waals surface area contributed by atoms with Gasteiger partial charge in [0.1, 0.15) is 5.75 Å². The van der Waals surface area contributed by atoms with Gasteiger partial charge in [-0.05, 0) is 80.7 Å². The van der Waals surface area contributed by atoms with Crippen molar-refractivity contribution in [1.82, 2.24) is 4.90 Å². The van der Waals surface area contributed by atoms with Gasteiger partial charge in [0.05, 0.1) is 17.0 Å². The van der Waals surface area contributed by atoms with E-state index in [2.05, 4.69) is 36.1 Å². The number of aliphatic carboxylic acids is 1. The van der Waals surface area contributed by atoms with Gasteiger partial charge in [-0.15, -0.1) is 0 Å². The Morgan fingerprint density at radius 3 is 2.47 bits per heavy atom. The second-order valence-electron chi connectivity index (χ2n) is 10.8. The molecule has 0 amide bonds. The summed E-state index contributed by atoms with van der Waals surface area (Å²) in [5.41, 5.74) is 1.31. The number of carboxylic acid groups (broad SMARTS) is 1. The number of carbonyl (C=O) groups is 1. The van der Waals surface area contributed by atoms with Gasteiger partial charge in [-0.3, -0.25) is 9.69 Å². The van der Waals surface area contributed by atoms with Crippen molar-refractivity contribution in [1.29, 1.82) is 0 Å². The average molecular weight is 484 g/mol. The summed E-state index contributed by atoms with van der Waals surface area (Å²) in [5, 5.41) is 12.5. The Morgan fingerprint density at radius 2 is 1.79 bits per heavy atom. The maximum atomic E-state index is 11.5. The van der Waals surface area contributed by atoms with Crippen molar-refractivity contribution < 1.29 is 14.6 Å². The van der Waals surface area contributed by atoms with E-state index in [-0.39, 0.29) is 12.0 Å². The Labute approximate surface area is 208 Å². The number of hydrogen-bond donors (Lipinski definition) is 1. The van der Waals surface area contributed by atoms with Crippen LogP contribution in [0.1, 0.15) is 76.7 Å². The maximum absolute atomic E-state index is 11.5. The number of halogens is 1. The molecular formula is C29H38ClNO3. The minimum atomic E-state index is -0.611. The average Bonchev–Trinajstić information content (AvgIpc) is 2.84. The van der Waals surface area contributed by atoms with Crippen LogP contribution in [0.15, 0.2) is 30.3 Å². The molecule has 2 bridgehead atoms. The van der Waals surface area contributed by atoms with Crippen LogP contribution in [0.5, 0.6) is 5.75 Å². The zero-order valence-electron chi connectivity index (χ0n) is 20.3. The van der Waals surface area contributed by atoms with Crippen molar-refractivity contribution >= 4 is 28.3 Å². The lowest BCUT2D eigenvalue weighted by molar-refractivity contribution is -0.146. The molecule has 2 saturated heterocycles. The number of carboxylic acids is 1. The van der Waals surface area contributed by atoms with Gasteiger partial charge in [-0.1, -0.05) is 55.6 Å².